The van der Waals surface area contributed by atoms with Crippen molar-refractivity contribution >= 4 is 65.1 Å². The molecule has 45 heavy (non-hydrogen) atoms. The van der Waals surface area contributed by atoms with E-state index in [9.17, 15) is 44.4 Å². The van der Waals surface area contributed by atoms with E-state index in [0.717, 1.165) is 12.1 Å². The van der Waals surface area contributed by atoms with Crippen LogP contribution in [0.4, 0.5) is 11.4 Å². The van der Waals surface area contributed by atoms with Gasteiger partial charge in [-0.3, -0.25) is 19.2 Å². The van der Waals surface area contributed by atoms with Gasteiger partial charge in [0.05, 0.1) is 22.5 Å². The Kier molecular flexibility index (Phi) is 6.65. The SMILES string of the molecule is Nc1c(S(=O)(=O)OS(=O)(=O)OS(=O)(=O)c2ccc3c(c2N)C(=O)c2ccccc2C3=O)ccc2c1C(=O)c1ccccc1C2=O. The molecule has 2 aliphatic rings. The number of rotatable bonds is 6. The number of carbonyl (C=O) groups is 4. The summed E-state index contributed by atoms with van der Waals surface area (Å²) in [7, 11) is -17.1. The van der Waals surface area contributed by atoms with Crippen LogP contribution in [0.25, 0.3) is 0 Å². The van der Waals surface area contributed by atoms with Crippen molar-refractivity contribution in [2.75, 3.05) is 11.5 Å². The average molecular weight is 669 g/mol. The van der Waals surface area contributed by atoms with Gasteiger partial charge in [-0.1, -0.05) is 48.5 Å². The van der Waals surface area contributed by atoms with Crippen molar-refractivity contribution in [3.63, 3.8) is 0 Å². The fourth-order valence-corrected chi connectivity index (χ4v) is 8.98. The van der Waals surface area contributed by atoms with E-state index in [0.29, 0.717) is 12.1 Å². The zero-order valence-electron chi connectivity index (χ0n) is 22.2. The van der Waals surface area contributed by atoms with Gasteiger partial charge in [0.1, 0.15) is 9.79 Å². The molecule has 0 spiro atoms. The summed E-state index contributed by atoms with van der Waals surface area (Å²) in [6.45, 7) is 0. The van der Waals surface area contributed by atoms with E-state index < -0.39 is 86.1 Å². The molecule has 0 fully saturated rings. The third kappa shape index (κ3) is 4.64. The monoisotopic (exact) mass is 668 g/mol. The Balaban J connectivity index is 1.33. The van der Waals surface area contributed by atoms with Crippen LogP contribution in [-0.4, -0.2) is 48.4 Å². The highest BCUT2D eigenvalue weighted by Crippen LogP contribution is 2.37. The highest BCUT2D eigenvalue weighted by Gasteiger charge is 2.39. The molecule has 0 saturated carbocycles. The first-order chi connectivity index (χ1) is 21.1. The summed E-state index contributed by atoms with van der Waals surface area (Å²) in [5.74, 6) is -2.94. The molecule has 0 saturated heterocycles. The molecular weight excluding hydrogens is 653 g/mol. The highest BCUT2D eigenvalue weighted by molar-refractivity contribution is 8.03. The van der Waals surface area contributed by atoms with Crippen molar-refractivity contribution in [3.05, 3.63) is 117 Å². The number of ketones is 4. The first kappa shape index (κ1) is 30.0. The maximum absolute atomic E-state index is 13.1. The van der Waals surface area contributed by atoms with Crippen LogP contribution in [0.15, 0.2) is 82.6 Å². The summed E-state index contributed by atoms with van der Waals surface area (Å²) >= 11 is 0. The van der Waals surface area contributed by atoms with Gasteiger partial charge in [-0.05, 0) is 24.3 Å². The van der Waals surface area contributed by atoms with Crippen molar-refractivity contribution in [2.24, 2.45) is 0 Å². The van der Waals surface area contributed by atoms with Crippen molar-refractivity contribution in [2.45, 2.75) is 9.79 Å². The van der Waals surface area contributed by atoms with Crippen LogP contribution in [0.3, 0.4) is 0 Å². The van der Waals surface area contributed by atoms with Gasteiger partial charge >= 0.3 is 30.6 Å². The Hall–Kier alpha value is -5.07. The minimum atomic E-state index is -6.01. The van der Waals surface area contributed by atoms with Gasteiger partial charge in [-0.25, -0.2) is 0 Å². The van der Waals surface area contributed by atoms with Crippen LogP contribution >= 0.6 is 0 Å². The fraction of sp³-hybridized carbons (Fsp3) is 0. The molecule has 0 aromatic heterocycles. The maximum Gasteiger partial charge on any atom is 0.429 e. The van der Waals surface area contributed by atoms with Gasteiger partial charge in [-0.15, -0.1) is 7.26 Å². The van der Waals surface area contributed by atoms with E-state index in [1.54, 1.807) is 0 Å². The highest BCUT2D eigenvalue weighted by atomic mass is 32.3. The second kappa shape index (κ2) is 9.98. The molecule has 0 heterocycles. The molecule has 6 rings (SSSR count). The van der Waals surface area contributed by atoms with Gasteiger partial charge in [0.25, 0.3) is 0 Å². The molecule has 0 bridgehead atoms. The summed E-state index contributed by atoms with van der Waals surface area (Å²) in [6, 6.07) is 14.6. The number of benzene rings is 4. The summed E-state index contributed by atoms with van der Waals surface area (Å²) in [5, 5.41) is 0. The molecule has 2 aliphatic carbocycles. The molecule has 0 aliphatic heterocycles. The third-order valence-electron chi connectivity index (χ3n) is 7.07. The van der Waals surface area contributed by atoms with Crippen molar-refractivity contribution < 1.29 is 51.7 Å². The van der Waals surface area contributed by atoms with Gasteiger partial charge in [-0.2, -0.15) is 25.3 Å². The predicted octanol–water partition coefficient (Wildman–Crippen LogP) is 1.76. The molecular formula is C28H16N2O12S3. The Labute approximate surface area is 254 Å². The van der Waals surface area contributed by atoms with Gasteiger partial charge in [0.15, 0.2) is 23.1 Å². The van der Waals surface area contributed by atoms with Gasteiger partial charge < -0.3 is 11.5 Å². The van der Waals surface area contributed by atoms with E-state index in [1.807, 2.05) is 0 Å². The Morgan fingerprint density at radius 2 is 0.733 bits per heavy atom. The van der Waals surface area contributed by atoms with E-state index in [-0.39, 0.29) is 33.4 Å². The topological polar surface area (TPSA) is 241 Å². The molecule has 4 aromatic rings. The summed E-state index contributed by atoms with van der Waals surface area (Å²) in [6.07, 6.45) is 0. The van der Waals surface area contributed by atoms with Crippen LogP contribution in [-0.2, 0) is 37.9 Å². The fourth-order valence-electron chi connectivity index (χ4n) is 5.13. The largest absolute Gasteiger partial charge is 0.429 e. The molecule has 0 radical (unpaired) electrons. The van der Waals surface area contributed by atoms with Crippen LogP contribution in [0.1, 0.15) is 63.7 Å². The Morgan fingerprint density at radius 3 is 1.07 bits per heavy atom. The average Bonchev–Trinajstić information content (AvgIpc) is 2.97. The predicted molar refractivity (Wildman–Crippen MR) is 154 cm³/mol. The van der Waals surface area contributed by atoms with Gasteiger partial charge in [0, 0.05) is 33.4 Å². The van der Waals surface area contributed by atoms with Crippen LogP contribution in [0.2, 0.25) is 0 Å². The van der Waals surface area contributed by atoms with Crippen LogP contribution in [0, 0.1) is 0 Å². The third-order valence-corrected chi connectivity index (χ3v) is 11.6. The number of anilines is 2. The minimum absolute atomic E-state index is 0.0409. The second-order valence-corrected chi connectivity index (χ2v) is 14.3. The van der Waals surface area contributed by atoms with Crippen LogP contribution < -0.4 is 11.5 Å². The molecule has 0 amide bonds. The van der Waals surface area contributed by atoms with Crippen molar-refractivity contribution in [1.29, 1.82) is 0 Å². The molecule has 14 nitrogen and oxygen atoms in total. The standard InChI is InChI=1S/C28H16N2O12S3/c29-23-19(11-9-17-21(23)27(33)15-7-3-1-5-13(15)25(17)31)43(35,36)41-45(39,40)42-44(37,38)20-12-10-18-22(24(20)30)28(34)16-8-4-2-6-14(16)26(18)32/h1-12H,29-30H2. The normalized spacial score (nSPS) is 14.4. The maximum atomic E-state index is 13.1. The lowest BCUT2D eigenvalue weighted by Crippen LogP contribution is -2.26. The first-order valence-electron chi connectivity index (χ1n) is 12.4. The zero-order valence-corrected chi connectivity index (χ0v) is 24.7. The number of nitrogens with two attached hydrogens (primary N) is 2. The van der Waals surface area contributed by atoms with Crippen molar-refractivity contribution in [3.8, 4) is 0 Å². The molecule has 0 atom stereocenters. The molecule has 4 aromatic carbocycles. The molecule has 0 unspecified atom stereocenters. The summed E-state index contributed by atoms with van der Waals surface area (Å²) in [4.78, 5) is 49.8. The lowest BCUT2D eigenvalue weighted by molar-refractivity contribution is 0.0979. The number of hydrogen-bond acceptors (Lipinski definition) is 14. The molecule has 4 N–H and O–H groups in total. The van der Waals surface area contributed by atoms with E-state index in [1.165, 1.54) is 48.5 Å². The Bertz CT molecular complexity index is 2250. The smallest absolute Gasteiger partial charge is 0.397 e. The number of nitrogen functional groups attached to an aromatic ring is 2. The zero-order chi connectivity index (χ0) is 32.6. The van der Waals surface area contributed by atoms with E-state index in [2.05, 4.69) is 7.26 Å². The number of carbonyl (C=O) groups excluding carboxylic acids is 4. The molecule has 17 heteroatoms. The second-order valence-electron chi connectivity index (χ2n) is 9.66. The van der Waals surface area contributed by atoms with E-state index >= 15 is 0 Å². The first-order valence-corrected chi connectivity index (χ1v) is 16.6. The number of hydrogen-bond donors (Lipinski definition) is 2. The van der Waals surface area contributed by atoms with Crippen LogP contribution in [0.5, 0.6) is 0 Å². The lowest BCUT2D eigenvalue weighted by Gasteiger charge is -2.20. The van der Waals surface area contributed by atoms with E-state index in [4.69, 9.17) is 11.5 Å². The summed E-state index contributed by atoms with van der Waals surface area (Å²) in [5.41, 5.74) is 8.53. The number of fused-ring (bicyclic) bond motifs is 4. The minimum Gasteiger partial charge on any atom is -0.397 e. The lowest BCUT2D eigenvalue weighted by atomic mass is 9.83. The van der Waals surface area contributed by atoms with Gasteiger partial charge in [0.2, 0.25) is 0 Å². The Morgan fingerprint density at radius 1 is 0.422 bits per heavy atom. The quantitative estimate of drug-likeness (QED) is 0.240. The molecule has 228 valence electrons. The summed E-state index contributed by atoms with van der Waals surface area (Å²) < 4.78 is 85.5. The van der Waals surface area contributed by atoms with Crippen molar-refractivity contribution in [1.82, 2.24) is 0 Å².